The summed E-state index contributed by atoms with van der Waals surface area (Å²) in [4.78, 5) is 11.6. The van der Waals surface area contributed by atoms with Crippen molar-refractivity contribution >= 4 is 11.7 Å². The molecule has 0 spiro atoms. The maximum Gasteiger partial charge on any atom is 0.314 e. The fourth-order valence-electron chi connectivity index (χ4n) is 4.44. The third-order valence-corrected chi connectivity index (χ3v) is 6.81. The van der Waals surface area contributed by atoms with E-state index in [1.807, 2.05) is 85.8 Å². The standard InChI is InChI=1S/C29H28N2O5/c1-18-25(30-28(34)35-19(2)20-6-4-3-5-7-20)26(36-31-18)23-10-8-21(9-11-23)22-12-14-24(15-13-22)29(16-17-29)27(32)33/h3-15,19,28,30,34H,16-17H2,1-2H3,(H,32,33)/t19-,28?/m0/s1. The molecule has 3 aromatic carbocycles. The van der Waals surface area contributed by atoms with Crippen LogP contribution in [0.15, 0.2) is 83.4 Å². The van der Waals surface area contributed by atoms with Gasteiger partial charge in [0.25, 0.3) is 0 Å². The molecule has 184 valence electrons. The van der Waals surface area contributed by atoms with Crippen molar-refractivity contribution < 1.29 is 24.3 Å². The third-order valence-electron chi connectivity index (χ3n) is 6.81. The van der Waals surface area contributed by atoms with E-state index in [0.29, 0.717) is 30.0 Å². The average molecular weight is 485 g/mol. The van der Waals surface area contributed by atoms with Gasteiger partial charge in [0.05, 0.1) is 11.5 Å². The van der Waals surface area contributed by atoms with Crippen LogP contribution in [0.5, 0.6) is 0 Å². The molecule has 1 unspecified atom stereocenters. The summed E-state index contributed by atoms with van der Waals surface area (Å²) in [6.07, 6.45) is -0.189. The number of aryl methyl sites for hydroxylation is 1. The minimum Gasteiger partial charge on any atom is -0.481 e. The lowest BCUT2D eigenvalue weighted by Crippen LogP contribution is -2.24. The monoisotopic (exact) mass is 484 g/mol. The van der Waals surface area contributed by atoms with E-state index in [0.717, 1.165) is 27.8 Å². The molecule has 1 aliphatic carbocycles. The first-order chi connectivity index (χ1) is 17.4. The lowest BCUT2D eigenvalue weighted by molar-refractivity contribution is -0.140. The summed E-state index contributed by atoms with van der Waals surface area (Å²) < 4.78 is 11.3. The predicted octanol–water partition coefficient (Wildman–Crippen LogP) is 5.90. The molecular weight excluding hydrogens is 456 g/mol. The van der Waals surface area contributed by atoms with E-state index in [2.05, 4.69) is 10.5 Å². The second-order valence-corrected chi connectivity index (χ2v) is 9.20. The van der Waals surface area contributed by atoms with Gasteiger partial charge >= 0.3 is 5.97 Å². The third kappa shape index (κ3) is 4.63. The molecule has 1 aromatic heterocycles. The summed E-state index contributed by atoms with van der Waals surface area (Å²) in [6.45, 7) is 3.67. The number of carboxylic acids is 1. The number of ether oxygens (including phenoxy) is 1. The Morgan fingerprint density at radius 1 is 0.972 bits per heavy atom. The summed E-state index contributed by atoms with van der Waals surface area (Å²) in [7, 11) is 0. The Morgan fingerprint density at radius 2 is 1.56 bits per heavy atom. The molecule has 1 saturated carbocycles. The molecule has 1 fully saturated rings. The number of carbonyl (C=O) groups is 1. The number of anilines is 1. The first kappa shape index (κ1) is 23.8. The number of hydrogen-bond acceptors (Lipinski definition) is 6. The van der Waals surface area contributed by atoms with Crippen LogP contribution in [0.4, 0.5) is 5.69 Å². The quantitative estimate of drug-likeness (QED) is 0.254. The Morgan fingerprint density at radius 3 is 2.14 bits per heavy atom. The van der Waals surface area contributed by atoms with Gasteiger partial charge in [0.1, 0.15) is 11.4 Å². The van der Waals surface area contributed by atoms with Gasteiger partial charge in [-0.3, -0.25) is 4.79 Å². The fraction of sp³-hybridized carbons (Fsp3) is 0.241. The largest absolute Gasteiger partial charge is 0.481 e. The van der Waals surface area contributed by atoms with E-state index in [1.165, 1.54) is 0 Å². The molecule has 4 aromatic rings. The minimum atomic E-state index is -1.25. The topological polar surface area (TPSA) is 105 Å². The molecule has 0 amide bonds. The molecule has 2 atom stereocenters. The normalized spacial score (nSPS) is 15.8. The summed E-state index contributed by atoms with van der Waals surface area (Å²) in [5.41, 5.74) is 5.06. The molecule has 0 saturated heterocycles. The maximum absolute atomic E-state index is 11.6. The summed E-state index contributed by atoms with van der Waals surface area (Å²) >= 11 is 0. The molecule has 0 aliphatic heterocycles. The van der Waals surface area contributed by atoms with E-state index in [4.69, 9.17) is 9.26 Å². The summed E-state index contributed by atoms with van der Waals surface area (Å²) in [5.74, 6) is -0.252. The van der Waals surface area contributed by atoms with Crippen LogP contribution in [0.25, 0.3) is 22.5 Å². The van der Waals surface area contributed by atoms with Crippen LogP contribution in [-0.4, -0.2) is 27.8 Å². The molecular formula is C29H28N2O5. The van der Waals surface area contributed by atoms with Crippen molar-refractivity contribution in [2.45, 2.75) is 44.6 Å². The zero-order valence-electron chi connectivity index (χ0n) is 20.1. The van der Waals surface area contributed by atoms with Gasteiger partial charge in [-0.15, -0.1) is 0 Å². The van der Waals surface area contributed by atoms with Crippen LogP contribution in [0.1, 0.15) is 42.7 Å². The van der Waals surface area contributed by atoms with E-state index >= 15 is 0 Å². The molecule has 0 bridgehead atoms. The number of aliphatic hydroxyl groups excluding tert-OH is 1. The van der Waals surface area contributed by atoms with Gasteiger partial charge < -0.3 is 24.8 Å². The molecule has 0 radical (unpaired) electrons. The highest BCUT2D eigenvalue weighted by Crippen LogP contribution is 2.48. The van der Waals surface area contributed by atoms with Gasteiger partial charge in [-0.25, -0.2) is 0 Å². The van der Waals surface area contributed by atoms with Gasteiger partial charge in [-0.05, 0) is 48.9 Å². The molecule has 1 heterocycles. The van der Waals surface area contributed by atoms with Crippen LogP contribution in [0.3, 0.4) is 0 Å². The number of rotatable bonds is 9. The number of aromatic nitrogens is 1. The van der Waals surface area contributed by atoms with Gasteiger partial charge in [-0.1, -0.05) is 84.0 Å². The van der Waals surface area contributed by atoms with Crippen molar-refractivity contribution in [2.24, 2.45) is 0 Å². The van der Waals surface area contributed by atoms with Crippen molar-refractivity contribution in [3.05, 3.63) is 95.7 Å². The zero-order chi connectivity index (χ0) is 25.3. The van der Waals surface area contributed by atoms with E-state index in [9.17, 15) is 15.0 Å². The van der Waals surface area contributed by atoms with Crippen molar-refractivity contribution in [2.75, 3.05) is 5.32 Å². The number of carboxylic acid groups (broad SMARTS) is 1. The second kappa shape index (κ2) is 9.60. The molecule has 1 aliphatic rings. The molecule has 5 rings (SSSR count). The van der Waals surface area contributed by atoms with Crippen LogP contribution in [0.2, 0.25) is 0 Å². The van der Waals surface area contributed by atoms with Gasteiger partial charge in [0, 0.05) is 5.56 Å². The van der Waals surface area contributed by atoms with Gasteiger partial charge in [-0.2, -0.15) is 0 Å². The van der Waals surface area contributed by atoms with Crippen molar-refractivity contribution in [1.82, 2.24) is 5.16 Å². The highest BCUT2D eigenvalue weighted by molar-refractivity contribution is 5.85. The highest BCUT2D eigenvalue weighted by Gasteiger charge is 2.51. The van der Waals surface area contributed by atoms with Crippen molar-refractivity contribution in [3.63, 3.8) is 0 Å². The van der Waals surface area contributed by atoms with E-state index in [1.54, 1.807) is 6.92 Å². The molecule has 36 heavy (non-hydrogen) atoms. The predicted molar refractivity (Wildman–Crippen MR) is 136 cm³/mol. The number of aliphatic hydroxyl groups is 1. The average Bonchev–Trinajstić information content (AvgIpc) is 3.64. The Hall–Kier alpha value is -3.94. The Balaban J connectivity index is 1.30. The van der Waals surface area contributed by atoms with Crippen molar-refractivity contribution in [3.8, 4) is 22.5 Å². The van der Waals surface area contributed by atoms with Crippen LogP contribution in [-0.2, 0) is 14.9 Å². The van der Waals surface area contributed by atoms with E-state index < -0.39 is 17.8 Å². The molecule has 3 N–H and O–H groups in total. The number of hydrogen-bond donors (Lipinski definition) is 3. The van der Waals surface area contributed by atoms with E-state index in [-0.39, 0.29) is 6.10 Å². The highest BCUT2D eigenvalue weighted by atomic mass is 16.6. The summed E-state index contributed by atoms with van der Waals surface area (Å²) in [6, 6.07) is 25.2. The number of aliphatic carboxylic acids is 1. The van der Waals surface area contributed by atoms with Gasteiger partial charge in [0.2, 0.25) is 6.41 Å². The van der Waals surface area contributed by atoms with Crippen LogP contribution < -0.4 is 5.32 Å². The first-order valence-electron chi connectivity index (χ1n) is 11.9. The Kier molecular flexibility index (Phi) is 6.35. The number of nitrogens with one attached hydrogen (secondary N) is 1. The lowest BCUT2D eigenvalue weighted by Gasteiger charge is -2.20. The Bertz CT molecular complexity index is 1340. The SMILES string of the molecule is Cc1noc(-c2ccc(-c3ccc(C4(C(=O)O)CC4)cc3)cc2)c1NC(O)O[C@@H](C)c1ccccc1. The second-order valence-electron chi connectivity index (χ2n) is 9.20. The fourth-order valence-corrected chi connectivity index (χ4v) is 4.44. The lowest BCUT2D eigenvalue weighted by atomic mass is 9.93. The van der Waals surface area contributed by atoms with Crippen molar-refractivity contribution in [1.29, 1.82) is 0 Å². The summed E-state index contributed by atoms with van der Waals surface area (Å²) in [5, 5.41) is 27.1. The van der Waals surface area contributed by atoms with Crippen LogP contribution >= 0.6 is 0 Å². The smallest absolute Gasteiger partial charge is 0.314 e. The molecule has 7 nitrogen and oxygen atoms in total. The Labute approximate surface area is 209 Å². The number of benzene rings is 3. The van der Waals surface area contributed by atoms with Crippen LogP contribution in [0, 0.1) is 6.92 Å². The first-order valence-corrected chi connectivity index (χ1v) is 11.9. The molecule has 7 heteroatoms. The zero-order valence-corrected chi connectivity index (χ0v) is 20.1. The maximum atomic E-state index is 11.6. The number of nitrogens with zero attached hydrogens (tertiary/aromatic N) is 1. The minimum absolute atomic E-state index is 0.312. The van der Waals surface area contributed by atoms with Gasteiger partial charge in [0.15, 0.2) is 5.76 Å².